The minimum absolute atomic E-state index is 0.141. The third-order valence-corrected chi connectivity index (χ3v) is 7.33. The van der Waals surface area contributed by atoms with Crippen molar-refractivity contribution in [2.24, 2.45) is 0 Å². The van der Waals surface area contributed by atoms with Crippen molar-refractivity contribution in [3.8, 4) is 0 Å². The minimum Gasteiger partial charge on any atom is -0.465 e. The van der Waals surface area contributed by atoms with Crippen LogP contribution in [-0.4, -0.2) is 30.8 Å². The van der Waals surface area contributed by atoms with E-state index in [4.69, 9.17) is 4.74 Å². The molecule has 0 heterocycles. The largest absolute Gasteiger partial charge is 0.465 e. The van der Waals surface area contributed by atoms with Gasteiger partial charge >= 0.3 is 5.97 Å². The van der Waals surface area contributed by atoms with E-state index in [2.05, 4.69) is 13.8 Å². The molecule has 0 aliphatic heterocycles. The smallest absolute Gasteiger partial charge is 0.326 e. The van der Waals surface area contributed by atoms with E-state index in [-0.39, 0.29) is 13.0 Å². The van der Waals surface area contributed by atoms with E-state index in [1.807, 2.05) is 0 Å². The lowest BCUT2D eigenvalue weighted by Crippen LogP contribution is -2.32. The average Bonchev–Trinajstić information content (AvgIpc) is 2.74. The van der Waals surface area contributed by atoms with Crippen LogP contribution < -0.4 is 0 Å². The van der Waals surface area contributed by atoms with E-state index < -0.39 is 21.3 Å². The normalized spacial score (nSPS) is 12.7. The fourth-order valence-corrected chi connectivity index (χ4v) is 4.84. The Morgan fingerprint density at radius 1 is 0.625 bits per heavy atom. The number of hydrogen-bond donors (Lipinski definition) is 1. The molecule has 0 fully saturated rings. The Bertz CT molecular complexity index is 518. The lowest BCUT2D eigenvalue weighted by molar-refractivity contribution is -0.143. The number of rotatable bonds is 24. The van der Waals surface area contributed by atoms with Gasteiger partial charge in [-0.2, -0.15) is 8.42 Å². The fourth-order valence-electron chi connectivity index (χ4n) is 4.06. The standard InChI is InChI=1S/C26H52O5S/c1-3-5-7-9-11-12-13-14-15-16-17-18-20-22-24-31-26(27)25(32(28,29)30)23-21-19-10-8-6-4-2/h25H,3-24H2,1-2H3,(H,28,29,30). The molecular weight excluding hydrogens is 424 g/mol. The van der Waals surface area contributed by atoms with Crippen molar-refractivity contribution in [3.05, 3.63) is 0 Å². The van der Waals surface area contributed by atoms with Gasteiger partial charge in [-0.25, -0.2) is 0 Å². The van der Waals surface area contributed by atoms with Crippen molar-refractivity contribution in [2.45, 2.75) is 154 Å². The van der Waals surface area contributed by atoms with Gasteiger partial charge in [-0.1, -0.05) is 136 Å². The molecule has 0 saturated heterocycles. The number of unbranched alkanes of at least 4 members (excludes halogenated alkanes) is 18. The Morgan fingerprint density at radius 2 is 0.969 bits per heavy atom. The lowest BCUT2D eigenvalue weighted by Gasteiger charge is -2.13. The maximum atomic E-state index is 12.1. The highest BCUT2D eigenvalue weighted by Gasteiger charge is 2.31. The Labute approximate surface area is 199 Å². The number of esters is 1. The van der Waals surface area contributed by atoms with E-state index in [1.165, 1.54) is 77.0 Å². The van der Waals surface area contributed by atoms with Crippen LogP contribution in [0.3, 0.4) is 0 Å². The zero-order valence-corrected chi connectivity index (χ0v) is 21.9. The molecule has 0 spiro atoms. The van der Waals surface area contributed by atoms with Crippen molar-refractivity contribution in [2.75, 3.05) is 6.61 Å². The highest BCUT2D eigenvalue weighted by Crippen LogP contribution is 2.16. The highest BCUT2D eigenvalue weighted by molar-refractivity contribution is 7.87. The van der Waals surface area contributed by atoms with Crippen LogP contribution in [0, 0.1) is 0 Å². The minimum atomic E-state index is -4.41. The van der Waals surface area contributed by atoms with Crippen molar-refractivity contribution in [3.63, 3.8) is 0 Å². The second-order valence-corrected chi connectivity index (χ2v) is 10.9. The Hall–Kier alpha value is -0.620. The van der Waals surface area contributed by atoms with Gasteiger partial charge in [0.1, 0.15) is 0 Å². The van der Waals surface area contributed by atoms with E-state index in [1.54, 1.807) is 0 Å². The first-order valence-corrected chi connectivity index (χ1v) is 15.1. The van der Waals surface area contributed by atoms with Gasteiger partial charge in [-0.3, -0.25) is 9.35 Å². The molecule has 1 atom stereocenters. The lowest BCUT2D eigenvalue weighted by atomic mass is 10.0. The van der Waals surface area contributed by atoms with Gasteiger partial charge < -0.3 is 4.74 Å². The van der Waals surface area contributed by atoms with Crippen LogP contribution >= 0.6 is 0 Å². The van der Waals surface area contributed by atoms with Gasteiger partial charge in [0.15, 0.2) is 5.25 Å². The second-order valence-electron chi connectivity index (χ2n) is 9.32. The zero-order valence-electron chi connectivity index (χ0n) is 21.1. The average molecular weight is 477 g/mol. The summed E-state index contributed by atoms with van der Waals surface area (Å²) >= 11 is 0. The molecule has 0 radical (unpaired) electrons. The van der Waals surface area contributed by atoms with Crippen LogP contribution in [0.1, 0.15) is 149 Å². The van der Waals surface area contributed by atoms with Crippen molar-refractivity contribution >= 4 is 16.1 Å². The molecular formula is C26H52O5S. The molecule has 192 valence electrons. The third-order valence-electron chi connectivity index (χ3n) is 6.18. The van der Waals surface area contributed by atoms with Crippen LogP contribution in [0.15, 0.2) is 0 Å². The zero-order chi connectivity index (χ0) is 23.9. The SMILES string of the molecule is CCCCCCCCCCCCCCCCOC(=O)C(CCCCCCCC)S(=O)(=O)O. The molecule has 6 heteroatoms. The molecule has 0 saturated carbocycles. The van der Waals surface area contributed by atoms with Crippen molar-refractivity contribution in [1.29, 1.82) is 0 Å². The van der Waals surface area contributed by atoms with Gasteiger partial charge in [-0.05, 0) is 12.8 Å². The van der Waals surface area contributed by atoms with Gasteiger partial charge in [-0.15, -0.1) is 0 Å². The van der Waals surface area contributed by atoms with Crippen molar-refractivity contribution in [1.82, 2.24) is 0 Å². The highest BCUT2D eigenvalue weighted by atomic mass is 32.2. The first-order valence-electron chi connectivity index (χ1n) is 13.6. The molecule has 0 amide bonds. The predicted molar refractivity (Wildman–Crippen MR) is 135 cm³/mol. The third kappa shape index (κ3) is 20.0. The molecule has 0 aliphatic rings. The second kappa shape index (κ2) is 22.2. The number of carbonyl (C=O) groups is 1. The summed E-state index contributed by atoms with van der Waals surface area (Å²) in [6, 6.07) is 0. The molecule has 0 aromatic rings. The maximum Gasteiger partial charge on any atom is 0.326 e. The van der Waals surface area contributed by atoms with E-state index in [9.17, 15) is 17.8 Å². The summed E-state index contributed by atoms with van der Waals surface area (Å²) in [5.41, 5.74) is 0. The Balaban J connectivity index is 3.67. The van der Waals surface area contributed by atoms with Crippen molar-refractivity contribution < 1.29 is 22.5 Å². The molecule has 0 aromatic heterocycles. The topological polar surface area (TPSA) is 80.7 Å². The summed E-state index contributed by atoms with van der Waals surface area (Å²) in [6.07, 6.45) is 23.6. The number of hydrogen-bond acceptors (Lipinski definition) is 4. The van der Waals surface area contributed by atoms with Crippen LogP contribution in [0.25, 0.3) is 0 Å². The molecule has 5 nitrogen and oxygen atoms in total. The van der Waals surface area contributed by atoms with Crippen LogP contribution in [0.2, 0.25) is 0 Å². The maximum absolute atomic E-state index is 12.1. The summed E-state index contributed by atoms with van der Waals surface area (Å²) in [7, 11) is -4.41. The number of ether oxygens (including phenoxy) is 1. The van der Waals surface area contributed by atoms with Gasteiger partial charge in [0.25, 0.3) is 10.1 Å². The summed E-state index contributed by atoms with van der Waals surface area (Å²) in [6.45, 7) is 4.63. The first kappa shape index (κ1) is 31.4. The summed E-state index contributed by atoms with van der Waals surface area (Å²) in [4.78, 5) is 12.1. The molecule has 0 aliphatic carbocycles. The van der Waals surface area contributed by atoms with Crippen LogP contribution in [0.4, 0.5) is 0 Å². The summed E-state index contributed by atoms with van der Waals surface area (Å²) in [5.74, 6) is -0.796. The Kier molecular flexibility index (Phi) is 21.8. The molecule has 1 unspecified atom stereocenters. The van der Waals surface area contributed by atoms with Gasteiger partial charge in [0, 0.05) is 0 Å². The van der Waals surface area contributed by atoms with Gasteiger partial charge in [0.2, 0.25) is 0 Å². The van der Waals surface area contributed by atoms with Crippen LogP contribution in [-0.2, 0) is 19.6 Å². The summed E-state index contributed by atoms with van der Waals surface area (Å²) in [5, 5.41) is -1.43. The summed E-state index contributed by atoms with van der Waals surface area (Å²) < 4.78 is 37.6. The first-order chi connectivity index (χ1) is 15.4. The van der Waals surface area contributed by atoms with E-state index in [0.29, 0.717) is 6.42 Å². The molecule has 0 bridgehead atoms. The van der Waals surface area contributed by atoms with E-state index in [0.717, 1.165) is 44.9 Å². The number of carbonyl (C=O) groups excluding carboxylic acids is 1. The quantitative estimate of drug-likeness (QED) is 0.0866. The van der Waals surface area contributed by atoms with Gasteiger partial charge in [0.05, 0.1) is 6.61 Å². The Morgan fingerprint density at radius 3 is 1.34 bits per heavy atom. The fraction of sp³-hybridized carbons (Fsp3) is 0.962. The molecule has 0 rings (SSSR count). The van der Waals surface area contributed by atoms with Crippen LogP contribution in [0.5, 0.6) is 0 Å². The molecule has 1 N–H and O–H groups in total. The molecule has 32 heavy (non-hydrogen) atoms. The predicted octanol–water partition coefficient (Wildman–Crippen LogP) is 8.02. The van der Waals surface area contributed by atoms with E-state index >= 15 is 0 Å². The molecule has 0 aromatic carbocycles. The monoisotopic (exact) mass is 476 g/mol.